The lowest BCUT2D eigenvalue weighted by molar-refractivity contribution is 0.00578. The van der Waals surface area contributed by atoms with Gasteiger partial charge in [0, 0.05) is 5.31 Å². The lowest BCUT2D eigenvalue weighted by atomic mass is 9.55. The van der Waals surface area contributed by atoms with Crippen molar-refractivity contribution < 1.29 is 9.31 Å². The molecule has 0 amide bonds. The van der Waals surface area contributed by atoms with E-state index in [2.05, 4.69) is 130 Å². The van der Waals surface area contributed by atoms with Crippen molar-refractivity contribution in [1.82, 2.24) is 0 Å². The van der Waals surface area contributed by atoms with Gasteiger partial charge >= 0.3 is 7.12 Å². The summed E-state index contributed by atoms with van der Waals surface area (Å²) in [6.07, 6.45) is 3.12. The minimum atomic E-state index is -0.381. The van der Waals surface area contributed by atoms with E-state index in [1.165, 1.54) is 27.8 Å². The van der Waals surface area contributed by atoms with Crippen molar-refractivity contribution in [3.8, 4) is 0 Å². The van der Waals surface area contributed by atoms with Crippen LogP contribution >= 0.6 is 0 Å². The van der Waals surface area contributed by atoms with Gasteiger partial charge in [-0.1, -0.05) is 93.6 Å². The molecule has 0 aromatic heterocycles. The van der Waals surface area contributed by atoms with Crippen molar-refractivity contribution >= 4 is 18.3 Å². The monoisotopic (exact) mass is 456 g/mol. The molecule has 0 N–H and O–H groups in total. The average molecular weight is 456 g/mol. The summed E-state index contributed by atoms with van der Waals surface area (Å²) in [6.45, 7) is 24.1. The highest BCUT2D eigenvalue weighted by Gasteiger charge is 2.57. The number of hydrogen-bond donors (Lipinski definition) is 0. The molecule has 2 aromatic rings. The van der Waals surface area contributed by atoms with Gasteiger partial charge in [0.25, 0.3) is 0 Å². The Balaban J connectivity index is 2.18. The van der Waals surface area contributed by atoms with Gasteiger partial charge in [-0.05, 0) is 81.4 Å². The van der Waals surface area contributed by atoms with Gasteiger partial charge in [0.05, 0.1) is 11.2 Å². The number of allylic oxidation sites excluding steroid dienone is 5. The van der Waals surface area contributed by atoms with Gasteiger partial charge in [0.15, 0.2) is 0 Å². The van der Waals surface area contributed by atoms with Crippen LogP contribution in [0.25, 0.3) is 11.1 Å². The van der Waals surface area contributed by atoms with E-state index >= 15 is 0 Å². The van der Waals surface area contributed by atoms with E-state index in [9.17, 15) is 0 Å². The minimum Gasteiger partial charge on any atom is -0.403 e. The minimum absolute atomic E-state index is 0.362. The SMILES string of the molecule is C=C(/C(=C(CC)/C(C)=C/C)c1ccccc1)c1ccccc1C(C)(C)B1OC(C)(C)C(C)(C)O1. The molecule has 1 fully saturated rings. The van der Waals surface area contributed by atoms with Crippen molar-refractivity contribution in [2.24, 2.45) is 0 Å². The molecule has 1 aliphatic rings. The highest BCUT2D eigenvalue weighted by molar-refractivity contribution is 6.49. The molecule has 3 heteroatoms. The van der Waals surface area contributed by atoms with E-state index in [0.717, 1.165) is 17.6 Å². The molecule has 3 rings (SSSR count). The van der Waals surface area contributed by atoms with Crippen LogP contribution in [-0.2, 0) is 14.6 Å². The Hall–Kier alpha value is -2.36. The highest BCUT2D eigenvalue weighted by atomic mass is 16.7. The first-order valence-electron chi connectivity index (χ1n) is 12.4. The Morgan fingerprint density at radius 3 is 2.00 bits per heavy atom. The van der Waals surface area contributed by atoms with Gasteiger partial charge in [-0.3, -0.25) is 0 Å². The number of benzene rings is 2. The van der Waals surface area contributed by atoms with Gasteiger partial charge < -0.3 is 9.31 Å². The van der Waals surface area contributed by atoms with Gasteiger partial charge in [-0.15, -0.1) is 0 Å². The van der Waals surface area contributed by atoms with Crippen LogP contribution in [0.4, 0.5) is 0 Å². The van der Waals surface area contributed by atoms with E-state index < -0.39 is 0 Å². The van der Waals surface area contributed by atoms with Gasteiger partial charge in [0.1, 0.15) is 0 Å². The van der Waals surface area contributed by atoms with E-state index in [0.29, 0.717) is 0 Å². The molecule has 0 radical (unpaired) electrons. The molecule has 0 bridgehead atoms. The van der Waals surface area contributed by atoms with Crippen molar-refractivity contribution in [2.75, 3.05) is 0 Å². The lowest BCUT2D eigenvalue weighted by Gasteiger charge is -2.32. The second-order valence-corrected chi connectivity index (χ2v) is 10.9. The molecular formula is C31H41BO2. The van der Waals surface area contributed by atoms with Gasteiger partial charge in [0.2, 0.25) is 0 Å². The summed E-state index contributed by atoms with van der Waals surface area (Å²) in [5.74, 6) is 0. The Kier molecular flexibility index (Phi) is 7.50. The van der Waals surface area contributed by atoms with Gasteiger partial charge in [-0.2, -0.15) is 0 Å². The van der Waals surface area contributed by atoms with Crippen molar-refractivity contribution in [2.45, 2.75) is 85.3 Å². The molecule has 0 saturated carbocycles. The van der Waals surface area contributed by atoms with Gasteiger partial charge in [-0.25, -0.2) is 0 Å². The van der Waals surface area contributed by atoms with Crippen LogP contribution in [0.5, 0.6) is 0 Å². The Labute approximate surface area is 207 Å². The quantitative estimate of drug-likeness (QED) is 0.307. The molecule has 1 aliphatic heterocycles. The molecule has 0 unspecified atom stereocenters. The van der Waals surface area contributed by atoms with E-state index in [-0.39, 0.29) is 23.6 Å². The van der Waals surface area contributed by atoms with Crippen LogP contribution in [0.1, 0.15) is 85.4 Å². The molecular weight excluding hydrogens is 415 g/mol. The number of hydrogen-bond acceptors (Lipinski definition) is 2. The summed E-state index contributed by atoms with van der Waals surface area (Å²) in [5, 5.41) is -0.381. The molecule has 0 aliphatic carbocycles. The molecule has 1 heterocycles. The smallest absolute Gasteiger partial charge is 0.403 e. The normalized spacial score (nSPS) is 18.6. The third-order valence-electron chi connectivity index (χ3n) is 7.72. The fourth-order valence-electron chi connectivity index (χ4n) is 4.67. The van der Waals surface area contributed by atoms with Crippen LogP contribution in [0, 0.1) is 0 Å². The summed E-state index contributed by atoms with van der Waals surface area (Å²) in [4.78, 5) is 0. The zero-order valence-electron chi connectivity index (χ0n) is 22.6. The van der Waals surface area contributed by atoms with Crippen LogP contribution in [0.15, 0.2) is 78.4 Å². The van der Waals surface area contributed by atoms with Crippen LogP contribution in [0.3, 0.4) is 0 Å². The molecule has 2 aromatic carbocycles. The van der Waals surface area contributed by atoms with Crippen LogP contribution in [0.2, 0.25) is 0 Å². The average Bonchev–Trinajstić information content (AvgIpc) is 3.04. The third kappa shape index (κ3) is 4.74. The Morgan fingerprint density at radius 2 is 1.47 bits per heavy atom. The maximum absolute atomic E-state index is 6.51. The summed E-state index contributed by atoms with van der Waals surface area (Å²) < 4.78 is 13.0. The molecule has 34 heavy (non-hydrogen) atoms. The maximum atomic E-state index is 6.51. The molecule has 2 nitrogen and oxygen atoms in total. The fourth-order valence-corrected chi connectivity index (χ4v) is 4.67. The zero-order valence-corrected chi connectivity index (χ0v) is 22.6. The first-order chi connectivity index (χ1) is 15.9. The zero-order chi connectivity index (χ0) is 25.3. The standard InChI is InChI=1S/C31H41BO2/c1-11-22(3)25(12-2)28(24-18-14-13-15-19-24)23(4)26-20-16-17-21-27(26)29(5,6)32-33-30(7,8)31(9,10)34-32/h11,13-21H,4,12H2,1-3,5-10H3/b22-11+,28-25-. The second kappa shape index (κ2) is 9.72. The molecule has 1 saturated heterocycles. The third-order valence-corrected chi connectivity index (χ3v) is 7.72. The Bertz CT molecular complexity index is 1090. The molecule has 0 spiro atoms. The summed E-state index contributed by atoms with van der Waals surface area (Å²) in [7, 11) is -0.362. The van der Waals surface area contributed by atoms with Crippen molar-refractivity contribution in [3.05, 3.63) is 95.1 Å². The van der Waals surface area contributed by atoms with Crippen LogP contribution < -0.4 is 0 Å². The lowest BCUT2D eigenvalue weighted by Crippen LogP contribution is -2.41. The van der Waals surface area contributed by atoms with E-state index in [1.54, 1.807) is 0 Å². The predicted molar refractivity (Wildman–Crippen MR) is 148 cm³/mol. The van der Waals surface area contributed by atoms with Crippen LogP contribution in [-0.4, -0.2) is 18.3 Å². The summed E-state index contributed by atoms with van der Waals surface area (Å²) >= 11 is 0. The summed E-state index contributed by atoms with van der Waals surface area (Å²) in [6, 6.07) is 19.2. The second-order valence-electron chi connectivity index (χ2n) is 10.9. The van der Waals surface area contributed by atoms with Crippen molar-refractivity contribution in [1.29, 1.82) is 0 Å². The fraction of sp³-hybridized carbons (Fsp3) is 0.419. The van der Waals surface area contributed by atoms with E-state index in [1.807, 2.05) is 0 Å². The molecule has 180 valence electrons. The first-order valence-corrected chi connectivity index (χ1v) is 12.4. The predicted octanol–water partition coefficient (Wildman–Crippen LogP) is 8.44. The maximum Gasteiger partial charge on any atom is 0.468 e. The largest absolute Gasteiger partial charge is 0.468 e. The Morgan fingerprint density at radius 1 is 0.941 bits per heavy atom. The topological polar surface area (TPSA) is 18.5 Å². The highest BCUT2D eigenvalue weighted by Crippen LogP contribution is 2.46. The van der Waals surface area contributed by atoms with Crippen molar-refractivity contribution in [3.63, 3.8) is 0 Å². The molecule has 0 atom stereocenters. The van der Waals surface area contributed by atoms with E-state index in [4.69, 9.17) is 9.31 Å². The first kappa shape index (κ1) is 26.3. The number of rotatable bonds is 7. The summed E-state index contributed by atoms with van der Waals surface area (Å²) in [5.41, 5.74) is 7.58.